The number of aromatic nitrogens is 2. The lowest BCUT2D eigenvalue weighted by Crippen LogP contribution is -2.16. The van der Waals surface area contributed by atoms with Gasteiger partial charge in [0.25, 0.3) is 5.89 Å². The minimum atomic E-state index is -0.405. The Balaban J connectivity index is 1.34. The minimum Gasteiger partial charge on any atom is -0.486 e. The highest BCUT2D eigenvalue weighted by atomic mass is 35.5. The Hall–Kier alpha value is -3.06. The lowest BCUT2D eigenvalue weighted by Gasteiger charge is -2.18. The summed E-state index contributed by atoms with van der Waals surface area (Å²) in [4.78, 5) is 12.1. The molecule has 2 heterocycles. The Morgan fingerprint density at radius 1 is 1.04 bits per heavy atom. The van der Waals surface area contributed by atoms with Crippen LogP contribution < -0.4 is 9.47 Å². The molecule has 27 heavy (non-hydrogen) atoms. The molecule has 0 saturated carbocycles. The average Bonchev–Trinajstić information content (AvgIpc) is 3.16. The van der Waals surface area contributed by atoms with Crippen LogP contribution in [0.4, 0.5) is 0 Å². The molecule has 0 amide bonds. The van der Waals surface area contributed by atoms with Gasteiger partial charge in [0.1, 0.15) is 13.2 Å². The van der Waals surface area contributed by atoms with Gasteiger partial charge in [0.05, 0.1) is 6.42 Å². The first kappa shape index (κ1) is 17.4. The predicted octanol–water partition coefficient (Wildman–Crippen LogP) is 3.45. The van der Waals surface area contributed by atoms with E-state index in [1.807, 2.05) is 0 Å². The van der Waals surface area contributed by atoms with Crippen molar-refractivity contribution in [3.8, 4) is 23.0 Å². The van der Waals surface area contributed by atoms with Crippen LogP contribution in [0.2, 0.25) is 5.02 Å². The van der Waals surface area contributed by atoms with Crippen LogP contribution in [0.25, 0.3) is 11.5 Å². The monoisotopic (exact) mass is 386 g/mol. The van der Waals surface area contributed by atoms with Crippen LogP contribution in [0.5, 0.6) is 11.5 Å². The molecule has 0 bridgehead atoms. The molecule has 4 rings (SSSR count). The number of carbonyl (C=O) groups is 1. The lowest BCUT2D eigenvalue weighted by atomic mass is 10.1. The van der Waals surface area contributed by atoms with E-state index in [1.54, 1.807) is 42.5 Å². The molecule has 1 aliphatic heterocycles. The van der Waals surface area contributed by atoms with Crippen molar-refractivity contribution in [3.63, 3.8) is 0 Å². The number of halogens is 1. The molecule has 0 saturated heterocycles. The van der Waals surface area contributed by atoms with Gasteiger partial charge in [-0.15, -0.1) is 10.2 Å². The second-order valence-electron chi connectivity index (χ2n) is 5.82. The fraction of sp³-hybridized carbons (Fsp3) is 0.211. The lowest BCUT2D eigenvalue weighted by molar-refractivity contribution is -0.144. The smallest absolute Gasteiger partial charge is 0.310 e. The maximum atomic E-state index is 12.1. The van der Waals surface area contributed by atoms with Crippen LogP contribution in [-0.4, -0.2) is 29.4 Å². The molecule has 7 nitrogen and oxygen atoms in total. The van der Waals surface area contributed by atoms with Crippen LogP contribution in [0, 0.1) is 0 Å². The third kappa shape index (κ3) is 4.20. The van der Waals surface area contributed by atoms with Crippen molar-refractivity contribution in [1.82, 2.24) is 10.2 Å². The highest BCUT2D eigenvalue weighted by Crippen LogP contribution is 2.31. The summed E-state index contributed by atoms with van der Waals surface area (Å²) in [6.45, 7) is 0.925. The summed E-state index contributed by atoms with van der Waals surface area (Å²) >= 11 is 5.86. The van der Waals surface area contributed by atoms with Crippen molar-refractivity contribution in [3.05, 3.63) is 58.9 Å². The highest BCUT2D eigenvalue weighted by Gasteiger charge is 2.15. The maximum absolute atomic E-state index is 12.1. The zero-order valence-electron chi connectivity index (χ0n) is 14.2. The molecule has 0 aliphatic carbocycles. The largest absolute Gasteiger partial charge is 0.486 e. The Morgan fingerprint density at radius 2 is 1.81 bits per heavy atom. The van der Waals surface area contributed by atoms with Crippen molar-refractivity contribution in [2.24, 2.45) is 0 Å². The molecule has 3 aromatic rings. The fourth-order valence-corrected chi connectivity index (χ4v) is 2.70. The second-order valence-corrected chi connectivity index (χ2v) is 6.26. The van der Waals surface area contributed by atoms with E-state index in [0.717, 1.165) is 11.1 Å². The van der Waals surface area contributed by atoms with Gasteiger partial charge in [0.15, 0.2) is 18.1 Å². The zero-order chi connectivity index (χ0) is 18.6. The van der Waals surface area contributed by atoms with Gasteiger partial charge in [0.2, 0.25) is 5.89 Å². The number of hydrogen-bond donors (Lipinski definition) is 0. The van der Waals surface area contributed by atoms with Crippen molar-refractivity contribution >= 4 is 17.6 Å². The molecule has 2 aromatic carbocycles. The summed E-state index contributed by atoms with van der Waals surface area (Å²) in [6, 6.07) is 12.4. The molecule has 8 heteroatoms. The standard InChI is InChI=1S/C19H15ClN2O5/c20-14-4-2-13(3-5-14)19-22-21-17(27-19)11-26-18(23)10-12-1-6-15-16(9-12)25-8-7-24-15/h1-6,9H,7-8,10-11H2. The van der Waals surface area contributed by atoms with Gasteiger partial charge in [-0.3, -0.25) is 4.79 Å². The number of benzene rings is 2. The molecular formula is C19H15ClN2O5. The summed E-state index contributed by atoms with van der Waals surface area (Å²) in [7, 11) is 0. The first-order valence-corrected chi connectivity index (χ1v) is 8.67. The van der Waals surface area contributed by atoms with E-state index in [-0.39, 0.29) is 18.9 Å². The molecule has 1 aromatic heterocycles. The normalized spacial score (nSPS) is 12.6. The summed E-state index contributed by atoms with van der Waals surface area (Å²) in [5.74, 6) is 1.47. The Labute approximate surface area is 159 Å². The molecule has 0 radical (unpaired) electrons. The van der Waals surface area contributed by atoms with E-state index in [0.29, 0.717) is 35.6 Å². The van der Waals surface area contributed by atoms with Crippen LogP contribution in [-0.2, 0) is 22.6 Å². The fourth-order valence-electron chi connectivity index (χ4n) is 2.58. The summed E-state index contributed by atoms with van der Waals surface area (Å²) < 4.78 is 21.7. The molecule has 0 fully saturated rings. The molecule has 1 aliphatic rings. The first-order chi connectivity index (χ1) is 13.2. The van der Waals surface area contributed by atoms with Crippen LogP contribution >= 0.6 is 11.6 Å². The van der Waals surface area contributed by atoms with E-state index < -0.39 is 5.97 Å². The van der Waals surface area contributed by atoms with Gasteiger partial charge < -0.3 is 18.6 Å². The predicted molar refractivity (Wildman–Crippen MR) is 95.7 cm³/mol. The van der Waals surface area contributed by atoms with E-state index in [2.05, 4.69) is 10.2 Å². The van der Waals surface area contributed by atoms with Crippen LogP contribution in [0.1, 0.15) is 11.5 Å². The highest BCUT2D eigenvalue weighted by molar-refractivity contribution is 6.30. The molecule has 0 spiro atoms. The van der Waals surface area contributed by atoms with E-state index in [1.165, 1.54) is 0 Å². The quantitative estimate of drug-likeness (QED) is 0.621. The Morgan fingerprint density at radius 3 is 2.63 bits per heavy atom. The van der Waals surface area contributed by atoms with Crippen molar-refractivity contribution in [1.29, 1.82) is 0 Å². The second kappa shape index (κ2) is 7.67. The summed E-state index contributed by atoms with van der Waals surface area (Å²) in [5.41, 5.74) is 1.51. The molecule has 0 atom stereocenters. The number of carbonyl (C=O) groups excluding carboxylic acids is 1. The van der Waals surface area contributed by atoms with Crippen molar-refractivity contribution in [2.75, 3.05) is 13.2 Å². The summed E-state index contributed by atoms with van der Waals surface area (Å²) in [6.07, 6.45) is 0.106. The van der Waals surface area contributed by atoms with Gasteiger partial charge in [-0.05, 0) is 42.0 Å². The maximum Gasteiger partial charge on any atom is 0.310 e. The van der Waals surface area contributed by atoms with Crippen molar-refractivity contribution < 1.29 is 23.4 Å². The van der Waals surface area contributed by atoms with Gasteiger partial charge in [-0.25, -0.2) is 0 Å². The van der Waals surface area contributed by atoms with E-state index in [9.17, 15) is 4.79 Å². The van der Waals surface area contributed by atoms with Gasteiger partial charge >= 0.3 is 5.97 Å². The summed E-state index contributed by atoms with van der Waals surface area (Å²) in [5, 5.41) is 8.45. The zero-order valence-corrected chi connectivity index (χ0v) is 14.9. The Bertz CT molecular complexity index is 955. The number of ether oxygens (including phenoxy) is 3. The first-order valence-electron chi connectivity index (χ1n) is 8.30. The van der Waals surface area contributed by atoms with Crippen molar-refractivity contribution in [2.45, 2.75) is 13.0 Å². The molecular weight excluding hydrogens is 372 g/mol. The van der Waals surface area contributed by atoms with Gasteiger partial charge in [0, 0.05) is 10.6 Å². The Kier molecular flexibility index (Phi) is 4.93. The third-order valence-electron chi connectivity index (χ3n) is 3.87. The number of fused-ring (bicyclic) bond motifs is 1. The topological polar surface area (TPSA) is 83.7 Å². The number of hydrogen-bond acceptors (Lipinski definition) is 7. The SMILES string of the molecule is O=C(Cc1ccc2c(c1)OCCO2)OCc1nnc(-c2ccc(Cl)cc2)o1. The van der Waals surface area contributed by atoms with E-state index >= 15 is 0 Å². The van der Waals surface area contributed by atoms with Crippen LogP contribution in [0.3, 0.4) is 0 Å². The number of esters is 1. The average molecular weight is 387 g/mol. The van der Waals surface area contributed by atoms with Gasteiger partial charge in [-0.1, -0.05) is 17.7 Å². The number of rotatable bonds is 5. The third-order valence-corrected chi connectivity index (χ3v) is 4.12. The van der Waals surface area contributed by atoms with Gasteiger partial charge in [-0.2, -0.15) is 0 Å². The van der Waals surface area contributed by atoms with Crippen LogP contribution in [0.15, 0.2) is 46.9 Å². The van der Waals surface area contributed by atoms with E-state index in [4.69, 9.17) is 30.2 Å². The molecule has 0 N–H and O–H groups in total. The minimum absolute atomic E-state index is 0.0933. The molecule has 0 unspecified atom stereocenters. The molecule has 138 valence electrons. The number of nitrogens with zero attached hydrogens (tertiary/aromatic N) is 2.